The normalized spacial score (nSPS) is 11.3. The van der Waals surface area contributed by atoms with Crippen LogP contribution in [0.5, 0.6) is 5.75 Å². The van der Waals surface area contributed by atoms with Crippen molar-refractivity contribution in [2.45, 2.75) is 11.8 Å². The minimum absolute atomic E-state index is 0.0779. The first-order valence-corrected chi connectivity index (χ1v) is 12.7. The number of hydrogen-bond acceptors (Lipinski definition) is 5. The van der Waals surface area contributed by atoms with Crippen molar-refractivity contribution in [3.05, 3.63) is 82.6 Å². The van der Waals surface area contributed by atoms with Gasteiger partial charge in [-0.2, -0.15) is 0 Å². The summed E-state index contributed by atoms with van der Waals surface area (Å²) in [6, 6.07) is 22.1. The fourth-order valence-electron chi connectivity index (χ4n) is 3.04. The molecule has 0 unspecified atom stereocenters. The number of halogens is 1. The second kappa shape index (κ2) is 9.21. The number of anilines is 1. The van der Waals surface area contributed by atoms with Crippen LogP contribution in [0.1, 0.15) is 6.92 Å². The average Bonchev–Trinajstić information content (AvgIpc) is 3.26. The van der Waals surface area contributed by atoms with Crippen molar-refractivity contribution in [2.75, 3.05) is 11.3 Å². The molecule has 0 aliphatic carbocycles. The first-order valence-electron chi connectivity index (χ1n) is 9.53. The van der Waals surface area contributed by atoms with E-state index in [9.17, 15) is 8.42 Å². The third-order valence-corrected chi connectivity index (χ3v) is 7.22. The van der Waals surface area contributed by atoms with Gasteiger partial charge in [-0.15, -0.1) is 11.3 Å². The van der Waals surface area contributed by atoms with Gasteiger partial charge in [-0.25, -0.2) is 13.4 Å². The van der Waals surface area contributed by atoms with Crippen LogP contribution in [0.2, 0.25) is 0 Å². The van der Waals surface area contributed by atoms with Gasteiger partial charge in [0.15, 0.2) is 0 Å². The van der Waals surface area contributed by atoms with Crippen molar-refractivity contribution in [3.8, 4) is 27.6 Å². The standard InChI is InChI=1S/C23H19BrN2O3S2/c1-2-29-21-12-11-18(24)14-22(21)31(27,28)26-19-10-6-9-17(13-19)20-15-30-23(25-20)16-7-4-3-5-8-16/h3-15,26H,2H2,1H3. The Morgan fingerprint density at radius 2 is 1.77 bits per heavy atom. The van der Waals surface area contributed by atoms with Crippen LogP contribution in [-0.2, 0) is 10.0 Å². The molecule has 0 aliphatic rings. The number of sulfonamides is 1. The molecule has 0 saturated heterocycles. The van der Waals surface area contributed by atoms with E-state index >= 15 is 0 Å². The van der Waals surface area contributed by atoms with E-state index in [2.05, 4.69) is 20.7 Å². The Hall–Kier alpha value is -2.68. The fourth-order valence-corrected chi connectivity index (χ4v) is 5.61. The summed E-state index contributed by atoms with van der Waals surface area (Å²) in [5.74, 6) is 0.307. The summed E-state index contributed by atoms with van der Waals surface area (Å²) < 4.78 is 34.9. The van der Waals surface area contributed by atoms with E-state index in [1.807, 2.05) is 48.7 Å². The minimum atomic E-state index is -3.85. The summed E-state index contributed by atoms with van der Waals surface area (Å²) in [6.45, 7) is 2.18. The lowest BCUT2D eigenvalue weighted by molar-refractivity contribution is 0.331. The smallest absolute Gasteiger partial charge is 0.265 e. The molecule has 158 valence electrons. The molecule has 1 N–H and O–H groups in total. The Bertz CT molecular complexity index is 1310. The van der Waals surface area contributed by atoms with E-state index in [1.165, 1.54) is 6.07 Å². The van der Waals surface area contributed by atoms with Crippen molar-refractivity contribution in [2.24, 2.45) is 0 Å². The molecule has 5 nitrogen and oxygen atoms in total. The Kier molecular flexibility index (Phi) is 6.41. The summed E-state index contributed by atoms with van der Waals surface area (Å²) in [6.07, 6.45) is 0. The number of aromatic nitrogens is 1. The Labute approximate surface area is 193 Å². The zero-order chi connectivity index (χ0) is 21.8. The van der Waals surface area contributed by atoms with Gasteiger partial charge in [-0.1, -0.05) is 58.4 Å². The van der Waals surface area contributed by atoms with E-state index in [4.69, 9.17) is 9.72 Å². The molecule has 3 aromatic carbocycles. The molecule has 4 aromatic rings. The SMILES string of the molecule is CCOc1ccc(Br)cc1S(=O)(=O)Nc1cccc(-c2csc(-c3ccccc3)n2)c1. The first-order chi connectivity index (χ1) is 15.0. The molecule has 0 spiro atoms. The molecule has 0 saturated carbocycles. The summed E-state index contributed by atoms with van der Waals surface area (Å²) in [4.78, 5) is 4.79. The summed E-state index contributed by atoms with van der Waals surface area (Å²) in [7, 11) is -3.85. The van der Waals surface area contributed by atoms with Crippen LogP contribution in [0.25, 0.3) is 21.8 Å². The van der Waals surface area contributed by atoms with Gasteiger partial charge in [0.2, 0.25) is 0 Å². The van der Waals surface area contributed by atoms with Gasteiger partial charge in [0.05, 0.1) is 12.3 Å². The highest BCUT2D eigenvalue weighted by Crippen LogP contribution is 2.32. The maximum atomic E-state index is 13.1. The molecular formula is C23H19BrN2O3S2. The van der Waals surface area contributed by atoms with E-state index in [0.717, 1.165) is 21.8 Å². The monoisotopic (exact) mass is 514 g/mol. The summed E-state index contributed by atoms with van der Waals surface area (Å²) in [5, 5.41) is 2.88. The highest BCUT2D eigenvalue weighted by atomic mass is 79.9. The number of ether oxygens (including phenoxy) is 1. The largest absolute Gasteiger partial charge is 0.492 e. The molecule has 0 bridgehead atoms. The Morgan fingerprint density at radius 3 is 2.55 bits per heavy atom. The van der Waals surface area contributed by atoms with Crippen LogP contribution in [0.4, 0.5) is 5.69 Å². The lowest BCUT2D eigenvalue weighted by Crippen LogP contribution is -2.14. The number of nitrogens with zero attached hydrogens (tertiary/aromatic N) is 1. The molecule has 1 heterocycles. The number of thiazole rings is 1. The van der Waals surface area contributed by atoms with Gasteiger partial charge in [0.1, 0.15) is 15.7 Å². The lowest BCUT2D eigenvalue weighted by atomic mass is 10.1. The third-order valence-electron chi connectivity index (χ3n) is 4.43. The molecule has 4 rings (SSSR count). The number of nitrogens with one attached hydrogen (secondary N) is 1. The highest BCUT2D eigenvalue weighted by molar-refractivity contribution is 9.10. The van der Waals surface area contributed by atoms with Crippen LogP contribution in [0.3, 0.4) is 0 Å². The Morgan fingerprint density at radius 1 is 1.00 bits per heavy atom. The van der Waals surface area contributed by atoms with Gasteiger partial charge in [0.25, 0.3) is 10.0 Å². The van der Waals surface area contributed by atoms with Gasteiger partial charge in [-0.3, -0.25) is 4.72 Å². The van der Waals surface area contributed by atoms with Crippen LogP contribution in [0, 0.1) is 0 Å². The van der Waals surface area contributed by atoms with Crippen LogP contribution in [0.15, 0.2) is 87.5 Å². The Balaban J connectivity index is 1.63. The van der Waals surface area contributed by atoms with E-state index in [-0.39, 0.29) is 4.90 Å². The minimum Gasteiger partial charge on any atom is -0.492 e. The molecular weight excluding hydrogens is 496 g/mol. The number of benzene rings is 3. The molecule has 8 heteroatoms. The maximum absolute atomic E-state index is 13.1. The van der Waals surface area contributed by atoms with Crippen molar-refractivity contribution in [1.82, 2.24) is 4.98 Å². The second-order valence-electron chi connectivity index (χ2n) is 6.61. The van der Waals surface area contributed by atoms with Crippen molar-refractivity contribution in [1.29, 1.82) is 0 Å². The van der Waals surface area contributed by atoms with Crippen molar-refractivity contribution in [3.63, 3.8) is 0 Å². The van der Waals surface area contributed by atoms with E-state index in [1.54, 1.807) is 41.7 Å². The third kappa shape index (κ3) is 4.98. The van der Waals surface area contributed by atoms with Gasteiger partial charge >= 0.3 is 0 Å². The maximum Gasteiger partial charge on any atom is 0.265 e. The molecule has 0 atom stereocenters. The first kappa shape index (κ1) is 21.5. The molecule has 0 amide bonds. The van der Waals surface area contributed by atoms with Gasteiger partial charge < -0.3 is 4.74 Å². The zero-order valence-corrected chi connectivity index (χ0v) is 19.8. The molecule has 0 fully saturated rings. The van der Waals surface area contributed by atoms with Crippen molar-refractivity contribution >= 4 is 43.0 Å². The molecule has 31 heavy (non-hydrogen) atoms. The van der Waals surface area contributed by atoms with E-state index in [0.29, 0.717) is 22.5 Å². The topological polar surface area (TPSA) is 68.3 Å². The number of rotatable bonds is 7. The fraction of sp³-hybridized carbons (Fsp3) is 0.0870. The van der Waals surface area contributed by atoms with Crippen LogP contribution in [-0.4, -0.2) is 20.0 Å². The van der Waals surface area contributed by atoms with E-state index < -0.39 is 10.0 Å². The lowest BCUT2D eigenvalue weighted by Gasteiger charge is -2.13. The predicted molar refractivity (Wildman–Crippen MR) is 129 cm³/mol. The van der Waals surface area contributed by atoms with Gasteiger partial charge in [-0.05, 0) is 37.3 Å². The van der Waals surface area contributed by atoms with Crippen LogP contribution >= 0.6 is 27.3 Å². The zero-order valence-electron chi connectivity index (χ0n) is 16.6. The van der Waals surface area contributed by atoms with Crippen LogP contribution < -0.4 is 9.46 Å². The van der Waals surface area contributed by atoms with Gasteiger partial charge in [0, 0.05) is 26.7 Å². The quantitative estimate of drug-likeness (QED) is 0.308. The predicted octanol–water partition coefficient (Wildman–Crippen LogP) is 6.44. The molecule has 0 radical (unpaired) electrons. The number of hydrogen-bond donors (Lipinski definition) is 1. The summed E-state index contributed by atoms with van der Waals surface area (Å²) >= 11 is 4.89. The second-order valence-corrected chi connectivity index (χ2v) is 10.0. The molecule has 0 aliphatic heterocycles. The van der Waals surface area contributed by atoms with Crippen molar-refractivity contribution < 1.29 is 13.2 Å². The highest BCUT2D eigenvalue weighted by Gasteiger charge is 2.21. The average molecular weight is 515 g/mol. The summed E-state index contributed by atoms with van der Waals surface area (Å²) in [5.41, 5.74) is 3.13. The molecule has 1 aromatic heterocycles.